The van der Waals surface area contributed by atoms with Gasteiger partial charge in [-0.25, -0.2) is 4.98 Å². The van der Waals surface area contributed by atoms with Crippen LogP contribution in [0.25, 0.3) is 0 Å². The molecule has 2 amide bonds. The lowest BCUT2D eigenvalue weighted by Crippen LogP contribution is -2.44. The highest BCUT2D eigenvalue weighted by molar-refractivity contribution is 6.17. The van der Waals surface area contributed by atoms with Crippen LogP contribution in [-0.4, -0.2) is 28.9 Å². The fourth-order valence-electron chi connectivity index (χ4n) is 2.51. The molecule has 2 heterocycles. The molecule has 24 heavy (non-hydrogen) atoms. The van der Waals surface area contributed by atoms with Crippen LogP contribution in [0.2, 0.25) is 0 Å². The highest BCUT2D eigenvalue weighted by Gasteiger charge is 2.30. The molecule has 1 aromatic carbocycles. The van der Waals surface area contributed by atoms with Gasteiger partial charge in [0.1, 0.15) is 0 Å². The van der Waals surface area contributed by atoms with E-state index in [2.05, 4.69) is 15.6 Å². The van der Waals surface area contributed by atoms with Crippen molar-refractivity contribution in [1.82, 2.24) is 10.3 Å². The van der Waals surface area contributed by atoms with Gasteiger partial charge in [0.05, 0.1) is 23.5 Å². The number of carbonyl (C=O) groups excluding carboxylic acids is 2. The summed E-state index contributed by atoms with van der Waals surface area (Å²) in [5.74, 6) is 0.00395. The molecular weight excluding hydrogens is 304 g/mol. The van der Waals surface area contributed by atoms with Gasteiger partial charge in [0.15, 0.2) is 5.82 Å². The van der Waals surface area contributed by atoms with E-state index in [4.69, 9.17) is 0 Å². The summed E-state index contributed by atoms with van der Waals surface area (Å²) in [5, 5.41) is 6.01. The third-order valence-electron chi connectivity index (χ3n) is 3.66. The number of pyridine rings is 1. The Bertz CT molecular complexity index is 796. The van der Waals surface area contributed by atoms with Gasteiger partial charge in [0.25, 0.3) is 5.91 Å². The van der Waals surface area contributed by atoms with E-state index in [1.807, 2.05) is 20.8 Å². The van der Waals surface area contributed by atoms with Gasteiger partial charge in [0, 0.05) is 11.7 Å². The van der Waals surface area contributed by atoms with Gasteiger partial charge in [0.2, 0.25) is 5.91 Å². The average Bonchev–Trinajstić information content (AvgIpc) is 2.66. The van der Waals surface area contributed by atoms with Gasteiger partial charge >= 0.3 is 0 Å². The summed E-state index contributed by atoms with van der Waals surface area (Å²) in [7, 11) is 0. The van der Waals surface area contributed by atoms with Crippen molar-refractivity contribution in [2.75, 3.05) is 16.8 Å². The summed E-state index contributed by atoms with van der Waals surface area (Å²) < 4.78 is 0. The van der Waals surface area contributed by atoms with Gasteiger partial charge in [-0.1, -0.05) is 12.1 Å². The minimum Gasteiger partial charge on any atom is -0.319 e. The normalized spacial score (nSPS) is 13.6. The van der Waals surface area contributed by atoms with E-state index in [-0.39, 0.29) is 23.9 Å². The number of nitrogens with one attached hydrogen (secondary N) is 2. The zero-order valence-corrected chi connectivity index (χ0v) is 14.0. The Morgan fingerprint density at radius 2 is 1.96 bits per heavy atom. The minimum absolute atomic E-state index is 0.141. The number of carbonyl (C=O) groups is 2. The van der Waals surface area contributed by atoms with Crippen LogP contribution in [0.15, 0.2) is 42.6 Å². The first-order chi connectivity index (χ1) is 11.4. The maximum atomic E-state index is 12.9. The van der Waals surface area contributed by atoms with Crippen LogP contribution in [0.3, 0.4) is 0 Å². The molecule has 0 saturated carbocycles. The van der Waals surface area contributed by atoms with Crippen LogP contribution < -0.4 is 15.5 Å². The topological polar surface area (TPSA) is 74.3 Å². The number of hydrogen-bond acceptors (Lipinski definition) is 4. The predicted molar refractivity (Wildman–Crippen MR) is 93.5 cm³/mol. The van der Waals surface area contributed by atoms with E-state index < -0.39 is 0 Å². The van der Waals surface area contributed by atoms with Crippen molar-refractivity contribution in [2.45, 2.75) is 26.3 Å². The second-order valence-corrected chi connectivity index (χ2v) is 6.68. The molecule has 0 aliphatic carbocycles. The van der Waals surface area contributed by atoms with Crippen LogP contribution in [0.5, 0.6) is 0 Å². The van der Waals surface area contributed by atoms with Gasteiger partial charge in [-0.2, -0.15) is 0 Å². The SMILES string of the molecule is CC(C)(C)NCC(=O)N1c2ccccc2C(=O)Nc2cccnc21. The Morgan fingerprint density at radius 3 is 2.71 bits per heavy atom. The van der Waals surface area contributed by atoms with Crippen LogP contribution in [-0.2, 0) is 4.79 Å². The van der Waals surface area contributed by atoms with Crippen molar-refractivity contribution >= 4 is 29.0 Å². The number of hydrogen-bond donors (Lipinski definition) is 2. The Labute approximate surface area is 140 Å². The maximum Gasteiger partial charge on any atom is 0.257 e. The van der Waals surface area contributed by atoms with Crippen LogP contribution in [0.1, 0.15) is 31.1 Å². The summed E-state index contributed by atoms with van der Waals surface area (Å²) in [5.41, 5.74) is 1.30. The first-order valence-corrected chi connectivity index (χ1v) is 7.80. The van der Waals surface area contributed by atoms with E-state index in [0.29, 0.717) is 22.8 Å². The van der Waals surface area contributed by atoms with Gasteiger partial charge in [-0.05, 0) is 45.0 Å². The second kappa shape index (κ2) is 6.05. The molecule has 1 aliphatic heterocycles. The Kier molecular flexibility index (Phi) is 4.07. The number of anilines is 3. The highest BCUT2D eigenvalue weighted by Crippen LogP contribution is 2.35. The summed E-state index contributed by atoms with van der Waals surface area (Å²) in [4.78, 5) is 31.2. The summed E-state index contributed by atoms with van der Waals surface area (Å²) >= 11 is 0. The molecule has 124 valence electrons. The van der Waals surface area contributed by atoms with Crippen molar-refractivity contribution in [1.29, 1.82) is 0 Å². The van der Waals surface area contributed by atoms with E-state index >= 15 is 0 Å². The predicted octanol–water partition coefficient (Wildman–Crippen LogP) is 2.70. The van der Waals surface area contributed by atoms with Gasteiger partial charge in [-0.3, -0.25) is 14.5 Å². The molecule has 0 atom stereocenters. The number of fused-ring (bicyclic) bond motifs is 2. The highest BCUT2D eigenvalue weighted by atomic mass is 16.2. The zero-order chi connectivity index (χ0) is 17.3. The van der Waals surface area contributed by atoms with Crippen molar-refractivity contribution in [2.24, 2.45) is 0 Å². The Balaban J connectivity index is 2.08. The van der Waals surface area contributed by atoms with E-state index in [1.165, 1.54) is 4.90 Å². The smallest absolute Gasteiger partial charge is 0.257 e. The standard InChI is InChI=1S/C18H20N4O2/c1-18(2,3)20-11-15(23)22-14-9-5-4-7-12(14)17(24)21-13-8-6-10-19-16(13)22/h4-10,20H,11H2,1-3H3,(H,21,24). The first-order valence-electron chi connectivity index (χ1n) is 7.80. The largest absolute Gasteiger partial charge is 0.319 e. The quantitative estimate of drug-likeness (QED) is 0.891. The number of amides is 2. The van der Waals surface area contributed by atoms with Gasteiger partial charge in [-0.15, -0.1) is 0 Å². The van der Waals surface area contributed by atoms with Crippen molar-refractivity contribution in [3.8, 4) is 0 Å². The lowest BCUT2D eigenvalue weighted by atomic mass is 10.1. The Hall–Kier alpha value is -2.73. The van der Waals surface area contributed by atoms with E-state index in [9.17, 15) is 9.59 Å². The molecule has 6 nitrogen and oxygen atoms in total. The lowest BCUT2D eigenvalue weighted by Gasteiger charge is -2.26. The fraction of sp³-hybridized carbons (Fsp3) is 0.278. The molecule has 3 rings (SSSR count). The summed E-state index contributed by atoms with van der Waals surface area (Å²) in [6.45, 7) is 6.12. The lowest BCUT2D eigenvalue weighted by molar-refractivity contribution is -0.117. The van der Waals surface area contributed by atoms with Crippen molar-refractivity contribution < 1.29 is 9.59 Å². The third-order valence-corrected chi connectivity index (χ3v) is 3.66. The third kappa shape index (κ3) is 3.14. The molecule has 2 N–H and O–H groups in total. The molecular formula is C18H20N4O2. The van der Waals surface area contributed by atoms with E-state index in [1.54, 1.807) is 42.6 Å². The molecule has 0 spiro atoms. The molecule has 0 unspecified atom stereocenters. The minimum atomic E-state index is -0.251. The summed E-state index contributed by atoms with van der Waals surface area (Å²) in [6.07, 6.45) is 1.61. The van der Waals surface area contributed by atoms with Crippen LogP contribution in [0.4, 0.5) is 17.2 Å². The molecule has 0 fully saturated rings. The molecule has 1 aliphatic rings. The molecule has 6 heteroatoms. The number of para-hydroxylation sites is 1. The number of aromatic nitrogens is 1. The number of rotatable bonds is 2. The van der Waals surface area contributed by atoms with Crippen molar-refractivity contribution in [3.63, 3.8) is 0 Å². The Morgan fingerprint density at radius 1 is 1.21 bits per heavy atom. The van der Waals surface area contributed by atoms with E-state index in [0.717, 1.165) is 0 Å². The second-order valence-electron chi connectivity index (χ2n) is 6.68. The van der Waals surface area contributed by atoms with Crippen molar-refractivity contribution in [3.05, 3.63) is 48.2 Å². The molecule has 2 aromatic rings. The molecule has 0 radical (unpaired) electrons. The number of nitrogens with zero attached hydrogens (tertiary/aromatic N) is 2. The zero-order valence-electron chi connectivity index (χ0n) is 14.0. The monoisotopic (exact) mass is 324 g/mol. The fourth-order valence-corrected chi connectivity index (χ4v) is 2.51. The van der Waals surface area contributed by atoms with Crippen LogP contribution >= 0.6 is 0 Å². The van der Waals surface area contributed by atoms with Crippen LogP contribution in [0, 0.1) is 0 Å². The molecule has 0 bridgehead atoms. The maximum absolute atomic E-state index is 12.9. The van der Waals surface area contributed by atoms with Gasteiger partial charge < -0.3 is 10.6 Å². The summed E-state index contributed by atoms with van der Waals surface area (Å²) in [6, 6.07) is 10.5. The first kappa shape index (κ1) is 16.1. The molecule has 0 saturated heterocycles. The molecule has 1 aromatic heterocycles. The average molecular weight is 324 g/mol. The number of benzene rings is 1.